The maximum atomic E-state index is 13.3. The van der Waals surface area contributed by atoms with Gasteiger partial charge in [-0.3, -0.25) is 9.55 Å². The second-order valence-electron chi connectivity index (χ2n) is 9.22. The number of aryl methyl sites for hydroxylation is 4. The van der Waals surface area contributed by atoms with Gasteiger partial charge in [-0.2, -0.15) is 8.78 Å². The van der Waals surface area contributed by atoms with E-state index in [2.05, 4.69) is 22.1 Å². The van der Waals surface area contributed by atoms with Crippen LogP contribution < -0.4 is 10.5 Å². The van der Waals surface area contributed by atoms with Crippen molar-refractivity contribution in [3.8, 4) is 5.75 Å². The first-order valence-electron chi connectivity index (χ1n) is 12.1. The molecule has 0 amide bonds. The molecule has 0 aliphatic carbocycles. The Morgan fingerprint density at radius 1 is 1.00 bits per heavy atom. The fraction of sp³-hybridized carbons (Fsp3) is 0.333. The molecule has 0 fully saturated rings. The molecule has 0 aliphatic rings. The van der Waals surface area contributed by atoms with E-state index in [0.717, 1.165) is 51.4 Å². The zero-order valence-corrected chi connectivity index (χ0v) is 22.0. The number of anilines is 1. The fourth-order valence-electron chi connectivity index (χ4n) is 4.30. The molecule has 11 heteroatoms. The van der Waals surface area contributed by atoms with Crippen molar-refractivity contribution in [2.45, 2.75) is 38.8 Å². The van der Waals surface area contributed by atoms with Gasteiger partial charge in [0.15, 0.2) is 5.82 Å². The molecule has 0 unspecified atom stereocenters. The number of nitrogens with two attached hydrogens (primary N) is 1. The molecule has 2 heterocycles. The number of aromatic nitrogens is 2. The van der Waals surface area contributed by atoms with Crippen LogP contribution in [0.5, 0.6) is 5.75 Å². The van der Waals surface area contributed by atoms with Crippen LogP contribution in [0.3, 0.4) is 0 Å². The van der Waals surface area contributed by atoms with Crippen molar-refractivity contribution in [2.24, 2.45) is 0 Å². The van der Waals surface area contributed by atoms with Gasteiger partial charge in [0.2, 0.25) is 0 Å². The molecule has 4 N–H and O–H groups in total. The number of pyridine rings is 2. The molecule has 0 bridgehead atoms. The second kappa shape index (κ2) is 11.3. The fourth-order valence-corrected chi connectivity index (χ4v) is 4.68. The van der Waals surface area contributed by atoms with Crippen LogP contribution in [0, 0.1) is 13.8 Å². The summed E-state index contributed by atoms with van der Waals surface area (Å²) in [4.78, 5) is 26.3. The summed E-state index contributed by atoms with van der Waals surface area (Å²) < 4.78 is 47.9. The van der Waals surface area contributed by atoms with Gasteiger partial charge in [0.1, 0.15) is 17.9 Å². The Labute approximate surface area is 219 Å². The van der Waals surface area contributed by atoms with Gasteiger partial charge in [-0.05, 0) is 73.2 Å². The van der Waals surface area contributed by atoms with E-state index in [1.54, 1.807) is 6.20 Å². The molecule has 2 aromatic carbocycles. The minimum Gasteiger partial charge on any atom is -0.491 e. The summed E-state index contributed by atoms with van der Waals surface area (Å²) in [6.45, 7) is 3.66. The Morgan fingerprint density at radius 3 is 2.50 bits per heavy atom. The lowest BCUT2D eigenvalue weighted by molar-refractivity contribution is 0.00973. The highest BCUT2D eigenvalue weighted by Gasteiger charge is 2.48. The third-order valence-corrected chi connectivity index (χ3v) is 7.47. The maximum absolute atomic E-state index is 13.3. The molecule has 0 radical (unpaired) electrons. The number of fused-ring (bicyclic) bond motifs is 3. The Morgan fingerprint density at radius 2 is 1.76 bits per heavy atom. The number of ether oxygens (including phenoxy) is 2. The molecule has 0 spiro atoms. The molecular formula is C27H30F2N3O5P. The Hall–Kier alpha value is -3.17. The lowest BCUT2D eigenvalue weighted by Crippen LogP contribution is -2.20. The Kier molecular flexibility index (Phi) is 8.28. The van der Waals surface area contributed by atoms with Crippen molar-refractivity contribution in [1.82, 2.24) is 9.97 Å². The largest absolute Gasteiger partial charge is 0.491 e. The highest BCUT2D eigenvalue weighted by molar-refractivity contribution is 7.53. The first-order chi connectivity index (χ1) is 18.0. The summed E-state index contributed by atoms with van der Waals surface area (Å²) in [5.74, 6) is 1.03. The van der Waals surface area contributed by atoms with Crippen molar-refractivity contribution in [3.05, 3.63) is 70.9 Å². The predicted octanol–water partition coefficient (Wildman–Crippen LogP) is 5.32. The van der Waals surface area contributed by atoms with Crippen LogP contribution in [0.15, 0.2) is 48.7 Å². The van der Waals surface area contributed by atoms with Crippen molar-refractivity contribution in [2.75, 3.05) is 25.6 Å². The summed E-state index contributed by atoms with van der Waals surface area (Å²) in [6, 6.07) is 13.9. The van der Waals surface area contributed by atoms with E-state index >= 15 is 0 Å². The zero-order valence-electron chi connectivity index (χ0n) is 21.2. The molecule has 38 heavy (non-hydrogen) atoms. The van der Waals surface area contributed by atoms with Gasteiger partial charge in [-0.25, -0.2) is 4.98 Å². The van der Waals surface area contributed by atoms with Crippen molar-refractivity contribution >= 4 is 35.2 Å². The van der Waals surface area contributed by atoms with Crippen LogP contribution in [-0.4, -0.2) is 45.2 Å². The van der Waals surface area contributed by atoms with Gasteiger partial charge in [0.25, 0.3) is 0 Å². The highest BCUT2D eigenvalue weighted by atomic mass is 31.2. The minimum absolute atomic E-state index is 0.0125. The van der Waals surface area contributed by atoms with Crippen molar-refractivity contribution in [3.63, 3.8) is 0 Å². The number of hydrogen-bond acceptors (Lipinski definition) is 6. The standard InChI is InChI=1S/C27H30F2N3O5P/c1-17-3-8-22-23(15-17)32-26(30)25-24(22)20(9-11-31-25)5-4-19-6-7-21(16-18(19)2)37-14-13-36-12-10-27(28,29)38(33,34)35/h3,6-9,11,15-16H,4-5,10,12-14H2,1-2H3,(H2,30,32)(H2,33,34,35). The number of alkyl halides is 2. The summed E-state index contributed by atoms with van der Waals surface area (Å²) in [7, 11) is -5.49. The third-order valence-electron chi connectivity index (χ3n) is 6.39. The number of nitrogen functional groups attached to an aromatic ring is 1. The zero-order chi connectivity index (χ0) is 27.5. The average molecular weight is 546 g/mol. The molecular weight excluding hydrogens is 515 g/mol. The van der Waals surface area contributed by atoms with E-state index < -0.39 is 26.3 Å². The number of rotatable bonds is 11. The molecule has 8 nitrogen and oxygen atoms in total. The van der Waals surface area contributed by atoms with Crippen LogP contribution in [0.25, 0.3) is 21.8 Å². The molecule has 4 aromatic rings. The molecule has 0 aliphatic heterocycles. The maximum Gasteiger partial charge on any atom is 0.394 e. The van der Waals surface area contributed by atoms with Gasteiger partial charge in [-0.1, -0.05) is 18.2 Å². The molecule has 0 atom stereocenters. The summed E-state index contributed by atoms with van der Waals surface area (Å²) >= 11 is 0. The van der Waals surface area contributed by atoms with Crippen LogP contribution in [0.1, 0.15) is 28.7 Å². The lowest BCUT2D eigenvalue weighted by Gasteiger charge is -2.17. The van der Waals surface area contributed by atoms with Crippen LogP contribution in [0.2, 0.25) is 0 Å². The number of benzene rings is 2. The third kappa shape index (κ3) is 6.27. The number of nitrogens with zero attached hydrogens (tertiary/aromatic N) is 2. The average Bonchev–Trinajstić information content (AvgIpc) is 2.85. The van der Waals surface area contributed by atoms with E-state index in [4.69, 9.17) is 25.0 Å². The van der Waals surface area contributed by atoms with Gasteiger partial charge in [0.05, 0.1) is 18.7 Å². The summed E-state index contributed by atoms with van der Waals surface area (Å²) in [5.41, 5.74) is 8.13. The molecule has 202 valence electrons. The van der Waals surface area contributed by atoms with Gasteiger partial charge in [0, 0.05) is 23.4 Å². The van der Waals surface area contributed by atoms with E-state index in [1.165, 1.54) is 0 Å². The highest BCUT2D eigenvalue weighted by Crippen LogP contribution is 2.54. The van der Waals surface area contributed by atoms with E-state index in [-0.39, 0.29) is 13.2 Å². The molecule has 2 aromatic heterocycles. The smallest absolute Gasteiger partial charge is 0.394 e. The normalized spacial score (nSPS) is 12.4. The van der Waals surface area contributed by atoms with E-state index in [0.29, 0.717) is 17.1 Å². The number of halogens is 2. The predicted molar refractivity (Wildman–Crippen MR) is 143 cm³/mol. The van der Waals surface area contributed by atoms with E-state index in [1.807, 2.05) is 44.2 Å². The van der Waals surface area contributed by atoms with Gasteiger partial charge >= 0.3 is 13.3 Å². The van der Waals surface area contributed by atoms with Crippen LogP contribution in [0.4, 0.5) is 14.6 Å². The number of hydrogen-bond donors (Lipinski definition) is 3. The molecule has 0 saturated carbocycles. The van der Waals surface area contributed by atoms with Crippen molar-refractivity contribution in [1.29, 1.82) is 0 Å². The van der Waals surface area contributed by atoms with Gasteiger partial charge in [-0.15, -0.1) is 0 Å². The SMILES string of the molecule is Cc1ccc2c(c1)nc(N)c1nccc(CCc3ccc(OCCOCCC(F)(F)P(=O)(O)O)cc3C)c12. The second-order valence-corrected chi connectivity index (χ2v) is 11.0. The summed E-state index contributed by atoms with van der Waals surface area (Å²) in [5, 5.41) is 2.04. The van der Waals surface area contributed by atoms with Crippen molar-refractivity contribution < 1.29 is 32.6 Å². The topological polar surface area (TPSA) is 128 Å². The Balaban J connectivity index is 1.37. The minimum atomic E-state index is -5.49. The quantitative estimate of drug-likeness (QED) is 0.131. The van der Waals surface area contributed by atoms with E-state index in [9.17, 15) is 13.3 Å². The molecule has 0 saturated heterocycles. The monoisotopic (exact) mass is 545 g/mol. The van der Waals surface area contributed by atoms with Crippen LogP contribution >= 0.6 is 7.60 Å². The summed E-state index contributed by atoms with van der Waals surface area (Å²) in [6.07, 6.45) is 2.27. The molecule has 4 rings (SSSR count). The lowest BCUT2D eigenvalue weighted by atomic mass is 9.96. The Bertz CT molecular complexity index is 1510. The van der Waals surface area contributed by atoms with Crippen LogP contribution in [-0.2, 0) is 22.1 Å². The van der Waals surface area contributed by atoms with Gasteiger partial charge < -0.3 is 25.0 Å². The first kappa shape index (κ1) is 27.9. The first-order valence-corrected chi connectivity index (χ1v) is 13.7.